The third kappa shape index (κ3) is 4.59. The highest BCUT2D eigenvalue weighted by atomic mass is 19.2. The van der Waals surface area contributed by atoms with Crippen LogP contribution in [-0.2, 0) is 6.54 Å². The van der Waals surface area contributed by atoms with E-state index in [4.69, 9.17) is 4.74 Å². The molecule has 1 aromatic heterocycles. The summed E-state index contributed by atoms with van der Waals surface area (Å²) in [5.41, 5.74) is 2.10. The van der Waals surface area contributed by atoms with Crippen molar-refractivity contribution in [1.82, 2.24) is 14.7 Å². The van der Waals surface area contributed by atoms with E-state index >= 15 is 0 Å². The van der Waals surface area contributed by atoms with Gasteiger partial charge in [-0.1, -0.05) is 6.07 Å². The van der Waals surface area contributed by atoms with Gasteiger partial charge in [0.2, 0.25) is 0 Å². The van der Waals surface area contributed by atoms with Gasteiger partial charge in [-0.05, 0) is 49.9 Å². The van der Waals surface area contributed by atoms with Gasteiger partial charge in [-0.25, -0.2) is 17.9 Å². The number of nitrogens with zero attached hydrogens (tertiary/aromatic N) is 4. The molecule has 0 aliphatic carbocycles. The summed E-state index contributed by atoms with van der Waals surface area (Å²) < 4.78 is 47.8. The summed E-state index contributed by atoms with van der Waals surface area (Å²) >= 11 is 0. The van der Waals surface area contributed by atoms with Crippen molar-refractivity contribution in [2.24, 2.45) is 0 Å². The molecular formula is C24H25F3N4O2. The summed E-state index contributed by atoms with van der Waals surface area (Å²) in [4.78, 5) is 17.6. The Hall–Kier alpha value is -3.33. The molecule has 2 aromatic carbocycles. The van der Waals surface area contributed by atoms with Crippen LogP contribution in [0, 0.1) is 24.4 Å². The largest absolute Gasteiger partial charge is 0.494 e. The first-order valence-corrected chi connectivity index (χ1v) is 10.6. The molecule has 0 atom stereocenters. The number of anilines is 1. The number of aromatic nitrogens is 2. The molecule has 9 heteroatoms. The summed E-state index contributed by atoms with van der Waals surface area (Å²) in [5.74, 6) is -2.40. The maximum atomic E-state index is 14.5. The van der Waals surface area contributed by atoms with Crippen LogP contribution in [0.3, 0.4) is 0 Å². The van der Waals surface area contributed by atoms with Gasteiger partial charge in [0.05, 0.1) is 19.3 Å². The number of halogens is 3. The molecule has 1 aliphatic heterocycles. The summed E-state index contributed by atoms with van der Waals surface area (Å²) in [7, 11) is 3.40. The van der Waals surface area contributed by atoms with Crippen LogP contribution in [0.25, 0.3) is 11.3 Å². The van der Waals surface area contributed by atoms with Crippen LogP contribution in [0.2, 0.25) is 0 Å². The van der Waals surface area contributed by atoms with Gasteiger partial charge in [-0.2, -0.15) is 5.10 Å². The zero-order valence-corrected chi connectivity index (χ0v) is 18.7. The normalized spacial score (nSPS) is 14.5. The second-order valence-corrected chi connectivity index (χ2v) is 8.17. The fraction of sp³-hybridized carbons (Fsp3) is 0.333. The zero-order valence-electron chi connectivity index (χ0n) is 18.7. The summed E-state index contributed by atoms with van der Waals surface area (Å²) in [5, 5.41) is 4.50. The number of rotatable bonds is 5. The van der Waals surface area contributed by atoms with Crippen molar-refractivity contribution in [3.63, 3.8) is 0 Å². The standard InChI is InChI=1S/C24H25F3N4O2/c1-15-22(17-5-7-21(33-3)20(27)13-17)28-31(14-16-4-6-18(25)19(26)12-16)24(32)23(15)30-10-8-29(2)9-11-30/h4-7,12-13H,8-11,14H2,1-3H3. The lowest BCUT2D eigenvalue weighted by Crippen LogP contribution is -2.47. The van der Waals surface area contributed by atoms with Crippen LogP contribution in [0.1, 0.15) is 11.1 Å². The quantitative estimate of drug-likeness (QED) is 0.586. The second kappa shape index (κ2) is 9.27. The minimum absolute atomic E-state index is 0.0529. The number of hydrogen-bond donors (Lipinski definition) is 0. The first kappa shape index (κ1) is 22.8. The topological polar surface area (TPSA) is 50.6 Å². The predicted octanol–water partition coefficient (Wildman–Crippen LogP) is 3.44. The van der Waals surface area contributed by atoms with E-state index in [0.717, 1.165) is 25.2 Å². The molecule has 1 saturated heterocycles. The summed E-state index contributed by atoms with van der Waals surface area (Å²) in [6.07, 6.45) is 0. The average Bonchev–Trinajstić information content (AvgIpc) is 2.79. The van der Waals surface area contributed by atoms with Crippen molar-refractivity contribution in [3.8, 4) is 17.0 Å². The minimum Gasteiger partial charge on any atom is -0.494 e. The molecule has 1 fully saturated rings. The van der Waals surface area contributed by atoms with E-state index in [1.54, 1.807) is 13.0 Å². The molecule has 2 heterocycles. The van der Waals surface area contributed by atoms with Gasteiger partial charge in [0.1, 0.15) is 5.69 Å². The molecule has 0 spiro atoms. The lowest BCUT2D eigenvalue weighted by molar-refractivity contribution is 0.312. The molecule has 0 bridgehead atoms. The second-order valence-electron chi connectivity index (χ2n) is 8.17. The van der Waals surface area contributed by atoms with E-state index in [-0.39, 0.29) is 17.9 Å². The molecular weight excluding hydrogens is 433 g/mol. The van der Waals surface area contributed by atoms with Gasteiger partial charge in [-0.3, -0.25) is 4.79 Å². The van der Waals surface area contributed by atoms with Gasteiger partial charge in [-0.15, -0.1) is 0 Å². The van der Waals surface area contributed by atoms with E-state index in [1.165, 1.54) is 30.0 Å². The van der Waals surface area contributed by atoms with E-state index in [1.807, 2.05) is 11.9 Å². The Morgan fingerprint density at radius 1 is 0.970 bits per heavy atom. The van der Waals surface area contributed by atoms with E-state index in [9.17, 15) is 18.0 Å². The van der Waals surface area contributed by atoms with Crippen molar-refractivity contribution in [2.45, 2.75) is 13.5 Å². The number of methoxy groups -OCH3 is 1. The molecule has 174 valence electrons. The molecule has 3 aromatic rings. The SMILES string of the molecule is COc1ccc(-c2nn(Cc3ccc(F)c(F)c3)c(=O)c(N3CCN(C)CC3)c2C)cc1F. The highest BCUT2D eigenvalue weighted by Crippen LogP contribution is 2.30. The van der Waals surface area contributed by atoms with Crippen molar-refractivity contribution >= 4 is 5.69 Å². The molecule has 1 aliphatic rings. The van der Waals surface area contributed by atoms with Gasteiger partial charge in [0.25, 0.3) is 5.56 Å². The Morgan fingerprint density at radius 3 is 2.33 bits per heavy atom. The number of piperazine rings is 1. The van der Waals surface area contributed by atoms with Gasteiger partial charge >= 0.3 is 0 Å². The van der Waals surface area contributed by atoms with Crippen molar-refractivity contribution in [2.75, 3.05) is 45.2 Å². The predicted molar refractivity (Wildman–Crippen MR) is 120 cm³/mol. The van der Waals surface area contributed by atoms with Crippen LogP contribution in [0.5, 0.6) is 5.75 Å². The van der Waals surface area contributed by atoms with Crippen molar-refractivity contribution < 1.29 is 17.9 Å². The molecule has 6 nitrogen and oxygen atoms in total. The highest BCUT2D eigenvalue weighted by Gasteiger charge is 2.24. The lowest BCUT2D eigenvalue weighted by atomic mass is 10.0. The first-order valence-electron chi connectivity index (χ1n) is 10.6. The van der Waals surface area contributed by atoms with Crippen LogP contribution in [-0.4, -0.2) is 55.0 Å². The van der Waals surface area contributed by atoms with Crippen LogP contribution in [0.15, 0.2) is 41.2 Å². The summed E-state index contributed by atoms with van der Waals surface area (Å²) in [6.45, 7) is 4.62. The van der Waals surface area contributed by atoms with Crippen LogP contribution in [0.4, 0.5) is 18.9 Å². The Labute approximate surface area is 189 Å². The molecule has 33 heavy (non-hydrogen) atoms. The van der Waals surface area contributed by atoms with E-state index < -0.39 is 17.5 Å². The maximum Gasteiger partial charge on any atom is 0.290 e. The first-order chi connectivity index (χ1) is 15.8. The number of ether oxygens (including phenoxy) is 1. The van der Waals surface area contributed by atoms with Crippen LogP contribution >= 0.6 is 0 Å². The molecule has 0 N–H and O–H groups in total. The fourth-order valence-corrected chi connectivity index (χ4v) is 4.04. The molecule has 0 unspecified atom stereocenters. The van der Waals surface area contributed by atoms with Crippen LogP contribution < -0.4 is 15.2 Å². The molecule has 0 radical (unpaired) electrons. The smallest absolute Gasteiger partial charge is 0.290 e. The van der Waals surface area contributed by atoms with Crippen molar-refractivity contribution in [3.05, 3.63) is 75.3 Å². The molecule has 0 amide bonds. The monoisotopic (exact) mass is 458 g/mol. The van der Waals surface area contributed by atoms with Gasteiger partial charge in [0.15, 0.2) is 23.2 Å². The fourth-order valence-electron chi connectivity index (χ4n) is 4.04. The minimum atomic E-state index is -0.996. The maximum absolute atomic E-state index is 14.5. The average molecular weight is 458 g/mol. The Kier molecular flexibility index (Phi) is 6.42. The van der Waals surface area contributed by atoms with Crippen molar-refractivity contribution in [1.29, 1.82) is 0 Å². The number of likely N-dealkylation sites (N-methyl/N-ethyl adjacent to an activating group) is 1. The lowest BCUT2D eigenvalue weighted by Gasteiger charge is -2.34. The zero-order chi connectivity index (χ0) is 23.7. The Balaban J connectivity index is 1.85. The molecule has 0 saturated carbocycles. The Bertz CT molecular complexity index is 1240. The number of benzene rings is 2. The highest BCUT2D eigenvalue weighted by molar-refractivity contribution is 5.70. The van der Waals surface area contributed by atoms with E-state index in [2.05, 4.69) is 10.00 Å². The summed E-state index contributed by atoms with van der Waals surface area (Å²) in [6, 6.07) is 7.98. The third-order valence-corrected chi connectivity index (χ3v) is 5.93. The van der Waals surface area contributed by atoms with Gasteiger partial charge in [0, 0.05) is 37.3 Å². The third-order valence-electron chi connectivity index (χ3n) is 5.93. The molecule has 4 rings (SSSR count). The van der Waals surface area contributed by atoms with Gasteiger partial charge < -0.3 is 14.5 Å². The number of hydrogen-bond acceptors (Lipinski definition) is 5. The van der Waals surface area contributed by atoms with E-state index in [0.29, 0.717) is 41.2 Å². The Morgan fingerprint density at radius 2 is 1.70 bits per heavy atom.